The number of nitrogens with zero attached hydrogens (tertiary/aromatic N) is 1. The Morgan fingerprint density at radius 2 is 1.56 bits per heavy atom. The number of benzene rings is 4. The number of hydrogen-bond acceptors (Lipinski definition) is 5. The molecule has 0 aromatic heterocycles. The van der Waals surface area contributed by atoms with Gasteiger partial charge in [-0.15, -0.1) is 0 Å². The summed E-state index contributed by atoms with van der Waals surface area (Å²) in [6, 6.07) is 26.0. The molecule has 43 heavy (non-hydrogen) atoms. The van der Waals surface area contributed by atoms with E-state index in [1.165, 1.54) is 12.3 Å². The van der Waals surface area contributed by atoms with E-state index in [4.69, 9.17) is 44.3 Å². The fourth-order valence-corrected chi connectivity index (χ4v) is 4.96. The third-order valence-corrected chi connectivity index (χ3v) is 7.54. The molecule has 0 spiro atoms. The average Bonchev–Trinajstić information content (AvgIpc) is 2.99. The van der Waals surface area contributed by atoms with Crippen LogP contribution < -0.4 is 20.2 Å². The minimum absolute atomic E-state index is 0.244. The van der Waals surface area contributed by atoms with E-state index in [1.54, 1.807) is 25.1 Å². The van der Waals surface area contributed by atoms with Gasteiger partial charge in [0.05, 0.1) is 15.7 Å². The average molecular weight is 704 g/mol. The van der Waals surface area contributed by atoms with Crippen LogP contribution in [0.25, 0.3) is 0 Å². The van der Waals surface area contributed by atoms with E-state index in [0.29, 0.717) is 28.2 Å². The summed E-state index contributed by atoms with van der Waals surface area (Å²) >= 11 is 21.6. The summed E-state index contributed by atoms with van der Waals surface area (Å²) < 4.78 is 12.3. The van der Waals surface area contributed by atoms with Gasteiger partial charge >= 0.3 is 0 Å². The smallest absolute Gasteiger partial charge is 0.262 e. The molecule has 7 nitrogen and oxygen atoms in total. The van der Waals surface area contributed by atoms with Gasteiger partial charge in [-0.25, -0.2) is 5.43 Å². The zero-order valence-corrected chi connectivity index (χ0v) is 26.8. The first-order valence-corrected chi connectivity index (χ1v) is 15.1. The molecule has 222 valence electrons. The number of carbonyl (C=O) groups is 2. The lowest BCUT2D eigenvalue weighted by atomic mass is 10.1. The highest BCUT2D eigenvalue weighted by Crippen LogP contribution is 2.29. The monoisotopic (exact) mass is 701 g/mol. The zero-order valence-electron chi connectivity index (χ0n) is 22.9. The molecule has 0 saturated heterocycles. The minimum Gasteiger partial charge on any atom is -0.488 e. The highest BCUT2D eigenvalue weighted by Gasteiger charge is 2.25. The van der Waals surface area contributed by atoms with E-state index in [2.05, 4.69) is 31.8 Å². The Hall–Kier alpha value is -3.56. The van der Waals surface area contributed by atoms with E-state index >= 15 is 0 Å². The van der Waals surface area contributed by atoms with Gasteiger partial charge in [0.15, 0.2) is 6.10 Å². The van der Waals surface area contributed by atoms with E-state index in [0.717, 1.165) is 21.2 Å². The number of halogens is 4. The fraction of sp³-hybridized carbons (Fsp3) is 0.156. The molecule has 2 amide bonds. The van der Waals surface area contributed by atoms with Crippen molar-refractivity contribution in [2.75, 3.05) is 0 Å². The molecule has 0 bridgehead atoms. The van der Waals surface area contributed by atoms with Gasteiger partial charge in [-0.1, -0.05) is 77.3 Å². The van der Waals surface area contributed by atoms with Crippen LogP contribution in [0.2, 0.25) is 15.1 Å². The van der Waals surface area contributed by atoms with Gasteiger partial charge in [0.1, 0.15) is 24.1 Å². The van der Waals surface area contributed by atoms with Crippen LogP contribution in [0.3, 0.4) is 0 Å². The molecule has 0 saturated carbocycles. The van der Waals surface area contributed by atoms with E-state index in [9.17, 15) is 9.59 Å². The standard InChI is InChI=1S/C32H27BrCl3N3O4/c1-20(43-30-14-12-25(35)17-27(30)36)31(40)38-28(16-21-5-3-2-4-6-21)32(41)39-37-18-23-9-13-29(26(33)15-23)42-19-22-7-10-24(34)11-8-22/h2-15,17-18,20,28H,16,19H2,1H3,(H,38,40)(H,39,41)/b37-18-/t20-,28-/m1/s1. The van der Waals surface area contributed by atoms with Crippen LogP contribution in [0.15, 0.2) is 101 Å². The lowest BCUT2D eigenvalue weighted by molar-refractivity contribution is -0.132. The predicted octanol–water partition coefficient (Wildman–Crippen LogP) is 7.63. The molecule has 0 unspecified atom stereocenters. The van der Waals surface area contributed by atoms with Crippen molar-refractivity contribution in [2.45, 2.75) is 32.1 Å². The predicted molar refractivity (Wildman–Crippen MR) is 174 cm³/mol. The van der Waals surface area contributed by atoms with Crippen molar-refractivity contribution in [3.8, 4) is 11.5 Å². The first-order chi connectivity index (χ1) is 20.7. The molecule has 4 aromatic rings. The quantitative estimate of drug-likeness (QED) is 0.117. The van der Waals surface area contributed by atoms with Gasteiger partial charge in [0.2, 0.25) is 0 Å². The van der Waals surface area contributed by atoms with Crippen molar-refractivity contribution in [1.29, 1.82) is 0 Å². The Bertz CT molecular complexity index is 1590. The molecular weight excluding hydrogens is 677 g/mol. The summed E-state index contributed by atoms with van der Waals surface area (Å²) in [7, 11) is 0. The minimum atomic E-state index is -0.939. The number of nitrogens with one attached hydrogen (secondary N) is 2. The maximum absolute atomic E-state index is 13.2. The normalized spacial score (nSPS) is 12.4. The summed E-state index contributed by atoms with van der Waals surface area (Å²) in [5.74, 6) is -0.0377. The zero-order chi connectivity index (χ0) is 30.8. The number of hydrazone groups is 1. The molecule has 2 N–H and O–H groups in total. The number of rotatable bonds is 12. The molecule has 0 aliphatic rings. The summed E-state index contributed by atoms with van der Waals surface area (Å²) in [5.41, 5.74) is 5.09. The van der Waals surface area contributed by atoms with Gasteiger partial charge in [0.25, 0.3) is 11.8 Å². The lowest BCUT2D eigenvalue weighted by Gasteiger charge is -2.21. The Morgan fingerprint density at radius 3 is 2.26 bits per heavy atom. The van der Waals surface area contributed by atoms with Crippen LogP contribution in [0.1, 0.15) is 23.6 Å². The van der Waals surface area contributed by atoms with Crippen molar-refractivity contribution < 1.29 is 19.1 Å². The molecular formula is C32H27BrCl3N3O4. The third-order valence-electron chi connectivity index (χ3n) is 6.13. The van der Waals surface area contributed by atoms with Crippen LogP contribution in [0.5, 0.6) is 11.5 Å². The molecule has 4 aromatic carbocycles. The van der Waals surface area contributed by atoms with Crippen molar-refractivity contribution >= 4 is 68.8 Å². The summed E-state index contributed by atoms with van der Waals surface area (Å²) in [6.07, 6.45) is 0.806. The second-order valence-electron chi connectivity index (χ2n) is 9.42. The molecule has 0 aliphatic heterocycles. The molecule has 0 fully saturated rings. The van der Waals surface area contributed by atoms with Gasteiger partial charge in [-0.3, -0.25) is 9.59 Å². The maximum Gasteiger partial charge on any atom is 0.262 e. The third kappa shape index (κ3) is 10.0. The van der Waals surface area contributed by atoms with E-state index in [1.807, 2.05) is 66.7 Å². The molecule has 4 rings (SSSR count). The summed E-state index contributed by atoms with van der Waals surface area (Å²) in [4.78, 5) is 26.2. The first kappa shape index (κ1) is 32.4. The number of ether oxygens (including phenoxy) is 2. The molecule has 11 heteroatoms. The summed E-state index contributed by atoms with van der Waals surface area (Å²) in [6.45, 7) is 1.95. The number of carbonyl (C=O) groups excluding carboxylic acids is 2. The van der Waals surface area contributed by atoms with Gasteiger partial charge in [-0.05, 0) is 88.1 Å². The van der Waals surface area contributed by atoms with Gasteiger partial charge in [0, 0.05) is 16.5 Å². The molecule has 0 heterocycles. The number of amides is 2. The topological polar surface area (TPSA) is 89.0 Å². The Labute approximate surface area is 273 Å². The maximum atomic E-state index is 13.2. The second kappa shape index (κ2) is 15.8. The largest absolute Gasteiger partial charge is 0.488 e. The van der Waals surface area contributed by atoms with Crippen molar-refractivity contribution in [1.82, 2.24) is 10.7 Å². The van der Waals surface area contributed by atoms with E-state index in [-0.39, 0.29) is 11.4 Å². The fourth-order valence-electron chi connectivity index (χ4n) is 3.87. The highest BCUT2D eigenvalue weighted by atomic mass is 79.9. The molecule has 0 radical (unpaired) electrons. The van der Waals surface area contributed by atoms with Crippen LogP contribution >= 0.6 is 50.7 Å². The van der Waals surface area contributed by atoms with Crippen LogP contribution in [0, 0.1) is 0 Å². The Morgan fingerprint density at radius 1 is 0.860 bits per heavy atom. The highest BCUT2D eigenvalue weighted by molar-refractivity contribution is 9.10. The molecule has 0 aliphatic carbocycles. The Balaban J connectivity index is 1.38. The van der Waals surface area contributed by atoms with Crippen molar-refractivity contribution in [3.63, 3.8) is 0 Å². The van der Waals surface area contributed by atoms with Crippen LogP contribution in [-0.2, 0) is 22.6 Å². The van der Waals surface area contributed by atoms with Crippen molar-refractivity contribution in [3.05, 3.63) is 127 Å². The first-order valence-electron chi connectivity index (χ1n) is 13.1. The van der Waals surface area contributed by atoms with Crippen molar-refractivity contribution in [2.24, 2.45) is 5.10 Å². The van der Waals surface area contributed by atoms with Gasteiger partial charge in [-0.2, -0.15) is 5.10 Å². The lowest BCUT2D eigenvalue weighted by Crippen LogP contribution is -2.50. The van der Waals surface area contributed by atoms with Crippen LogP contribution in [-0.4, -0.2) is 30.2 Å². The van der Waals surface area contributed by atoms with Crippen LogP contribution in [0.4, 0.5) is 0 Å². The Kier molecular flexibility index (Phi) is 11.9. The SMILES string of the molecule is C[C@@H](Oc1ccc(Cl)cc1Cl)C(=O)N[C@H](Cc1ccccc1)C(=O)N/N=C\c1ccc(OCc2ccc(Cl)cc2)c(Br)c1. The molecule has 2 atom stereocenters. The second-order valence-corrected chi connectivity index (χ2v) is 11.6. The summed E-state index contributed by atoms with van der Waals surface area (Å²) in [5, 5.41) is 8.25. The number of hydrogen-bond donors (Lipinski definition) is 2. The van der Waals surface area contributed by atoms with E-state index < -0.39 is 24.0 Å². The van der Waals surface area contributed by atoms with Gasteiger partial charge < -0.3 is 14.8 Å².